The first-order valence-corrected chi connectivity index (χ1v) is 7.17. The predicted molar refractivity (Wildman–Crippen MR) is 69.1 cm³/mol. The average Bonchev–Trinajstić information content (AvgIpc) is 2.02. The average molecular weight is 293 g/mol. The molecule has 0 rings (SSSR count). The minimum Gasteiger partial charge on any atom is -0.462 e. The summed E-state index contributed by atoms with van der Waals surface area (Å²) in [4.78, 5) is 11.6. The fourth-order valence-corrected chi connectivity index (χ4v) is 2.20. The highest BCUT2D eigenvalue weighted by Crippen LogP contribution is 2.29. The Labute approximate surface area is 106 Å². The number of carbonyl (C=O) groups excluding carboxylic acids is 1. The zero-order valence-electron chi connectivity index (χ0n) is 8.57. The molecule has 0 aliphatic carbocycles. The molecule has 0 fully saturated rings. The van der Waals surface area contributed by atoms with Gasteiger partial charge in [-0.25, -0.2) is 4.79 Å². The van der Waals surface area contributed by atoms with E-state index in [0.29, 0.717) is 0 Å². The zero-order chi connectivity index (χ0) is 12.2. The number of rotatable bonds is 3. The summed E-state index contributed by atoms with van der Waals surface area (Å²) in [5, 5.41) is 7.61. The number of carbonyl (C=O) groups is 1. The standard InChI is InChI=1S/C8H12Cl3NO2S/c1-4-14-7(13)5(15(2)3)6(12)8(9,10)11/h12H,4H2,1-3H3. The van der Waals surface area contributed by atoms with Gasteiger partial charge in [0, 0.05) is 0 Å². The van der Waals surface area contributed by atoms with Crippen molar-refractivity contribution in [3.8, 4) is 0 Å². The smallest absolute Gasteiger partial charge is 0.345 e. The number of ether oxygens (including phenoxy) is 1. The fraction of sp³-hybridized carbons (Fsp3) is 0.625. The second kappa shape index (κ2) is 6.09. The highest BCUT2D eigenvalue weighted by atomic mass is 35.6. The summed E-state index contributed by atoms with van der Waals surface area (Å²) in [6.45, 7) is 1.91. The third-order valence-electron chi connectivity index (χ3n) is 1.38. The molecule has 0 aromatic carbocycles. The van der Waals surface area contributed by atoms with Crippen molar-refractivity contribution in [2.75, 3.05) is 19.1 Å². The van der Waals surface area contributed by atoms with Gasteiger partial charge in [-0.1, -0.05) is 34.8 Å². The van der Waals surface area contributed by atoms with Crippen LogP contribution in [0.3, 0.4) is 0 Å². The Balaban J connectivity index is 5.13. The molecule has 0 saturated heterocycles. The van der Waals surface area contributed by atoms with Gasteiger partial charge in [0.25, 0.3) is 0 Å². The lowest BCUT2D eigenvalue weighted by atomic mass is 10.3. The van der Waals surface area contributed by atoms with Gasteiger partial charge in [0.1, 0.15) is 10.6 Å². The lowest BCUT2D eigenvalue weighted by molar-refractivity contribution is -0.134. The number of hydrogen-bond donors (Lipinski definition) is 1. The maximum absolute atomic E-state index is 11.5. The van der Waals surface area contributed by atoms with Crippen LogP contribution in [0.2, 0.25) is 0 Å². The maximum Gasteiger partial charge on any atom is 0.345 e. The van der Waals surface area contributed by atoms with Gasteiger partial charge in [-0.2, -0.15) is 10.5 Å². The Morgan fingerprint density at radius 2 is 1.87 bits per heavy atom. The minimum atomic E-state index is -1.89. The minimum absolute atomic E-state index is 0.122. The van der Waals surface area contributed by atoms with Crippen LogP contribution in [0.15, 0.2) is 0 Å². The van der Waals surface area contributed by atoms with Gasteiger partial charge in [0.2, 0.25) is 3.79 Å². The van der Waals surface area contributed by atoms with Crippen LogP contribution in [0.1, 0.15) is 6.92 Å². The van der Waals surface area contributed by atoms with Crippen LogP contribution in [-0.4, -0.2) is 39.5 Å². The number of esters is 1. The summed E-state index contributed by atoms with van der Waals surface area (Å²) in [7, 11) is -0.497. The Morgan fingerprint density at radius 1 is 1.40 bits per heavy atom. The molecule has 3 nitrogen and oxygen atoms in total. The van der Waals surface area contributed by atoms with Gasteiger partial charge < -0.3 is 4.74 Å². The van der Waals surface area contributed by atoms with Gasteiger partial charge in [-0.15, -0.1) is 0 Å². The molecular formula is C8H12Cl3NO2S. The van der Waals surface area contributed by atoms with Crippen LogP contribution in [-0.2, 0) is 9.53 Å². The van der Waals surface area contributed by atoms with Crippen molar-refractivity contribution in [3.05, 3.63) is 0 Å². The molecule has 0 saturated carbocycles. The number of nitrogens with one attached hydrogen (secondary N) is 1. The van der Waals surface area contributed by atoms with Crippen LogP contribution in [0, 0.1) is 5.41 Å². The molecule has 0 aromatic heterocycles. The summed E-state index contributed by atoms with van der Waals surface area (Å²) in [6.07, 6.45) is 3.52. The third-order valence-corrected chi connectivity index (χ3v) is 3.13. The molecule has 0 spiro atoms. The van der Waals surface area contributed by atoms with Gasteiger partial charge in [-0.3, -0.25) is 5.41 Å². The van der Waals surface area contributed by atoms with E-state index in [2.05, 4.69) is 0 Å². The highest BCUT2D eigenvalue weighted by molar-refractivity contribution is 8.16. The summed E-state index contributed by atoms with van der Waals surface area (Å²) < 4.78 is 2.91. The third kappa shape index (κ3) is 4.72. The van der Waals surface area contributed by atoms with Crippen molar-refractivity contribution in [2.45, 2.75) is 10.7 Å². The van der Waals surface area contributed by atoms with Crippen molar-refractivity contribution in [3.63, 3.8) is 0 Å². The summed E-state index contributed by atoms with van der Waals surface area (Å²) >= 11 is 16.6. The molecule has 0 radical (unpaired) electrons. The highest BCUT2D eigenvalue weighted by Gasteiger charge is 2.33. The molecule has 0 amide bonds. The lowest BCUT2D eigenvalue weighted by Crippen LogP contribution is -2.34. The van der Waals surface area contributed by atoms with E-state index in [0.717, 1.165) is 0 Å². The van der Waals surface area contributed by atoms with E-state index in [1.807, 2.05) is 0 Å². The van der Waals surface area contributed by atoms with Crippen LogP contribution < -0.4 is 0 Å². The monoisotopic (exact) mass is 291 g/mol. The van der Waals surface area contributed by atoms with E-state index in [-0.39, 0.29) is 17.2 Å². The first kappa shape index (κ1) is 15.2. The van der Waals surface area contributed by atoms with Crippen LogP contribution in [0.5, 0.6) is 0 Å². The van der Waals surface area contributed by atoms with Gasteiger partial charge in [0.15, 0.2) is 0 Å². The maximum atomic E-state index is 11.5. The Hall–Kier alpha value is 0.230. The summed E-state index contributed by atoms with van der Waals surface area (Å²) in [5.74, 6) is -0.595. The first-order chi connectivity index (χ1) is 6.71. The predicted octanol–water partition coefficient (Wildman–Crippen LogP) is 2.64. The van der Waals surface area contributed by atoms with Crippen molar-refractivity contribution in [1.29, 1.82) is 5.41 Å². The van der Waals surface area contributed by atoms with Crippen molar-refractivity contribution in [2.24, 2.45) is 0 Å². The van der Waals surface area contributed by atoms with E-state index in [1.165, 1.54) is 0 Å². The van der Waals surface area contributed by atoms with E-state index in [1.54, 1.807) is 19.4 Å². The van der Waals surface area contributed by atoms with E-state index < -0.39 is 20.2 Å². The summed E-state index contributed by atoms with van der Waals surface area (Å²) in [5.41, 5.74) is -0.320. The normalized spacial score (nSPS) is 11.4. The fourth-order valence-electron chi connectivity index (χ4n) is 0.798. The van der Waals surface area contributed by atoms with Gasteiger partial charge in [0.05, 0.1) is 6.61 Å². The molecule has 15 heavy (non-hydrogen) atoms. The molecule has 0 aromatic rings. The zero-order valence-corrected chi connectivity index (χ0v) is 11.7. The van der Waals surface area contributed by atoms with Crippen molar-refractivity contribution in [1.82, 2.24) is 0 Å². The van der Waals surface area contributed by atoms with Crippen molar-refractivity contribution >= 4 is 61.8 Å². The molecule has 0 bridgehead atoms. The molecular weight excluding hydrogens is 281 g/mol. The van der Waals surface area contributed by atoms with Crippen molar-refractivity contribution < 1.29 is 9.53 Å². The first-order valence-electron chi connectivity index (χ1n) is 3.99. The molecule has 7 heteroatoms. The van der Waals surface area contributed by atoms with Crippen LogP contribution in [0.25, 0.3) is 0 Å². The quantitative estimate of drug-likeness (QED) is 0.376. The molecule has 0 aliphatic heterocycles. The molecule has 88 valence electrons. The van der Waals surface area contributed by atoms with E-state index in [9.17, 15) is 4.79 Å². The second-order valence-corrected chi connectivity index (χ2v) is 7.06. The number of alkyl halides is 3. The van der Waals surface area contributed by atoms with Crippen LogP contribution >= 0.6 is 45.3 Å². The Kier molecular flexibility index (Phi) is 6.18. The number of halogens is 3. The molecule has 0 atom stereocenters. The molecule has 0 heterocycles. The molecule has 0 unspecified atom stereocenters. The number of hydrogen-bond acceptors (Lipinski definition) is 3. The van der Waals surface area contributed by atoms with Gasteiger partial charge >= 0.3 is 5.97 Å². The lowest BCUT2D eigenvalue weighted by Gasteiger charge is -2.16. The second-order valence-electron chi connectivity index (χ2n) is 2.74. The van der Waals surface area contributed by atoms with Crippen LogP contribution in [0.4, 0.5) is 0 Å². The van der Waals surface area contributed by atoms with Gasteiger partial charge in [-0.05, 0) is 19.4 Å². The molecule has 1 N–H and O–H groups in total. The molecule has 0 aliphatic rings. The summed E-state index contributed by atoms with van der Waals surface area (Å²) in [6, 6.07) is 0. The Bertz CT molecular complexity index is 305. The van der Waals surface area contributed by atoms with E-state index in [4.69, 9.17) is 44.9 Å². The Morgan fingerprint density at radius 3 is 2.13 bits per heavy atom. The SMILES string of the molecule is CCOC(=O)C(C(=N)C(Cl)(Cl)Cl)=S(C)C. The van der Waals surface area contributed by atoms with E-state index >= 15 is 0 Å². The largest absolute Gasteiger partial charge is 0.462 e. The topological polar surface area (TPSA) is 50.2 Å².